The van der Waals surface area contributed by atoms with Crippen LogP contribution < -0.4 is 5.73 Å². The van der Waals surface area contributed by atoms with Crippen molar-refractivity contribution in [1.82, 2.24) is 24.7 Å². The third kappa shape index (κ3) is 2.05. The Labute approximate surface area is 85.2 Å². The van der Waals surface area contributed by atoms with E-state index < -0.39 is 0 Å². The summed E-state index contributed by atoms with van der Waals surface area (Å²) >= 11 is 0. The van der Waals surface area contributed by atoms with Crippen molar-refractivity contribution in [3.05, 3.63) is 30.2 Å². The zero-order valence-electron chi connectivity index (χ0n) is 7.70. The van der Waals surface area contributed by atoms with Gasteiger partial charge in [0.25, 0.3) is 5.82 Å². The zero-order valence-corrected chi connectivity index (χ0v) is 7.70. The van der Waals surface area contributed by atoms with Crippen LogP contribution in [0.2, 0.25) is 0 Å². The van der Waals surface area contributed by atoms with E-state index >= 15 is 0 Å². The summed E-state index contributed by atoms with van der Waals surface area (Å²) in [5, 5.41) is 12.4. The normalized spacial score (nSPS) is 9.80. The number of nitriles is 1. The molecule has 0 spiro atoms. The first-order valence-electron chi connectivity index (χ1n) is 4.14. The molecule has 2 N–H and O–H groups in total. The molecule has 0 aliphatic heterocycles. The van der Waals surface area contributed by atoms with Gasteiger partial charge >= 0.3 is 0 Å². The van der Waals surface area contributed by atoms with Crippen LogP contribution in [0.5, 0.6) is 0 Å². The summed E-state index contributed by atoms with van der Waals surface area (Å²) < 4.78 is 1.51. The van der Waals surface area contributed by atoms with Gasteiger partial charge in [-0.1, -0.05) is 0 Å². The fraction of sp³-hybridized carbons (Fsp3) is 0.125. The number of nitrogens with two attached hydrogens (primary N) is 1. The molecule has 0 fully saturated rings. The van der Waals surface area contributed by atoms with Crippen LogP contribution in [0.3, 0.4) is 0 Å². The summed E-state index contributed by atoms with van der Waals surface area (Å²) in [5.41, 5.74) is 6.10. The number of hydrogen-bond donors (Lipinski definition) is 1. The van der Waals surface area contributed by atoms with Crippen molar-refractivity contribution in [1.29, 1.82) is 5.26 Å². The van der Waals surface area contributed by atoms with Gasteiger partial charge in [0, 0.05) is 0 Å². The molecule has 2 heterocycles. The molecule has 0 atom stereocenters. The highest BCUT2D eigenvalue weighted by atomic mass is 15.3. The molecule has 0 radical (unpaired) electrons. The van der Waals surface area contributed by atoms with Crippen molar-refractivity contribution in [2.75, 3.05) is 5.73 Å². The molecular formula is C8H7N7. The molecule has 0 amide bonds. The SMILES string of the molecule is N#Cc1ncn(Cc2cnc(N)cn2)n1. The Bertz CT molecular complexity index is 492. The van der Waals surface area contributed by atoms with Crippen LogP contribution in [-0.2, 0) is 6.54 Å². The van der Waals surface area contributed by atoms with E-state index in [1.807, 2.05) is 6.07 Å². The number of rotatable bonds is 2. The van der Waals surface area contributed by atoms with Crippen molar-refractivity contribution in [2.24, 2.45) is 0 Å². The lowest BCUT2D eigenvalue weighted by atomic mass is 10.4. The van der Waals surface area contributed by atoms with Gasteiger partial charge in [0.05, 0.1) is 24.6 Å². The van der Waals surface area contributed by atoms with Crippen LogP contribution in [0.25, 0.3) is 0 Å². The van der Waals surface area contributed by atoms with Crippen molar-refractivity contribution < 1.29 is 0 Å². The topological polar surface area (TPSA) is 106 Å². The van der Waals surface area contributed by atoms with E-state index in [2.05, 4.69) is 20.1 Å². The molecule has 0 bridgehead atoms. The van der Waals surface area contributed by atoms with Crippen LogP contribution in [-0.4, -0.2) is 24.7 Å². The fourth-order valence-electron chi connectivity index (χ4n) is 1.03. The van der Waals surface area contributed by atoms with Crippen LogP contribution in [0.4, 0.5) is 5.82 Å². The summed E-state index contributed by atoms with van der Waals surface area (Å²) in [4.78, 5) is 11.7. The summed E-state index contributed by atoms with van der Waals surface area (Å²) in [6.45, 7) is 0.419. The number of anilines is 1. The van der Waals surface area contributed by atoms with Gasteiger partial charge in [0.1, 0.15) is 18.2 Å². The molecule has 0 aromatic carbocycles. The van der Waals surface area contributed by atoms with Gasteiger partial charge in [-0.3, -0.25) is 4.98 Å². The van der Waals surface area contributed by atoms with E-state index in [1.54, 1.807) is 6.20 Å². The van der Waals surface area contributed by atoms with Crippen LogP contribution >= 0.6 is 0 Å². The Hall–Kier alpha value is -2.49. The molecule has 74 valence electrons. The first-order chi connectivity index (χ1) is 7.28. The highest BCUT2D eigenvalue weighted by Crippen LogP contribution is 1.98. The van der Waals surface area contributed by atoms with E-state index in [1.165, 1.54) is 17.2 Å². The molecule has 0 saturated carbocycles. The maximum Gasteiger partial charge on any atom is 0.252 e. The second kappa shape index (κ2) is 3.71. The molecule has 15 heavy (non-hydrogen) atoms. The quantitative estimate of drug-likeness (QED) is 0.706. The Balaban J connectivity index is 2.15. The molecule has 7 nitrogen and oxygen atoms in total. The molecule has 0 saturated heterocycles. The molecule has 0 aliphatic rings. The van der Waals surface area contributed by atoms with E-state index in [0.29, 0.717) is 18.1 Å². The summed E-state index contributed by atoms with van der Waals surface area (Å²) in [5.74, 6) is 0.508. The maximum atomic E-state index is 8.52. The molecule has 0 unspecified atom stereocenters. The smallest absolute Gasteiger partial charge is 0.252 e. The minimum atomic E-state index is 0.137. The molecule has 2 aromatic heterocycles. The van der Waals surface area contributed by atoms with E-state index in [4.69, 9.17) is 11.0 Å². The molecule has 0 aliphatic carbocycles. The largest absolute Gasteiger partial charge is 0.382 e. The monoisotopic (exact) mass is 201 g/mol. The van der Waals surface area contributed by atoms with E-state index in [-0.39, 0.29) is 5.82 Å². The standard InChI is InChI=1S/C8H7N7/c9-1-8-13-5-15(14-8)4-6-2-12-7(10)3-11-6/h2-3,5H,4H2,(H2,10,12). The minimum Gasteiger partial charge on any atom is -0.382 e. The predicted molar refractivity (Wildman–Crippen MR) is 50.3 cm³/mol. The van der Waals surface area contributed by atoms with Crippen molar-refractivity contribution in [3.63, 3.8) is 0 Å². The lowest BCUT2D eigenvalue weighted by Crippen LogP contribution is -2.04. The number of nitrogens with zero attached hydrogens (tertiary/aromatic N) is 6. The molecular weight excluding hydrogens is 194 g/mol. The van der Waals surface area contributed by atoms with Gasteiger partial charge in [-0.2, -0.15) is 5.26 Å². The van der Waals surface area contributed by atoms with Gasteiger partial charge in [-0.25, -0.2) is 14.6 Å². The summed E-state index contributed by atoms with van der Waals surface area (Å²) in [7, 11) is 0. The second-order valence-corrected chi connectivity index (χ2v) is 2.81. The average molecular weight is 201 g/mol. The Morgan fingerprint density at radius 2 is 2.20 bits per heavy atom. The number of hydrogen-bond acceptors (Lipinski definition) is 6. The van der Waals surface area contributed by atoms with E-state index in [0.717, 1.165) is 0 Å². The number of aromatic nitrogens is 5. The van der Waals surface area contributed by atoms with Crippen molar-refractivity contribution >= 4 is 5.82 Å². The van der Waals surface area contributed by atoms with Gasteiger partial charge in [-0.05, 0) is 0 Å². The third-order valence-corrected chi connectivity index (χ3v) is 1.69. The average Bonchev–Trinajstić information content (AvgIpc) is 2.69. The molecule has 2 rings (SSSR count). The van der Waals surface area contributed by atoms with Crippen molar-refractivity contribution in [3.8, 4) is 6.07 Å². The zero-order chi connectivity index (χ0) is 10.7. The first kappa shape index (κ1) is 9.08. The summed E-state index contributed by atoms with van der Waals surface area (Å²) in [6, 6.07) is 1.84. The van der Waals surface area contributed by atoms with Gasteiger partial charge in [0.2, 0.25) is 0 Å². The highest BCUT2D eigenvalue weighted by Gasteiger charge is 2.01. The minimum absolute atomic E-state index is 0.137. The lowest BCUT2D eigenvalue weighted by Gasteiger charge is -1.99. The van der Waals surface area contributed by atoms with E-state index in [9.17, 15) is 0 Å². The Morgan fingerprint density at radius 1 is 1.33 bits per heavy atom. The maximum absolute atomic E-state index is 8.52. The summed E-state index contributed by atoms with van der Waals surface area (Å²) in [6.07, 6.45) is 4.50. The van der Waals surface area contributed by atoms with Crippen molar-refractivity contribution in [2.45, 2.75) is 6.54 Å². The lowest BCUT2D eigenvalue weighted by molar-refractivity contribution is 0.666. The number of nitrogen functional groups attached to an aromatic ring is 1. The molecule has 2 aromatic rings. The second-order valence-electron chi connectivity index (χ2n) is 2.81. The fourth-order valence-corrected chi connectivity index (χ4v) is 1.03. The first-order valence-corrected chi connectivity index (χ1v) is 4.14. The third-order valence-electron chi connectivity index (χ3n) is 1.69. The van der Waals surface area contributed by atoms with Crippen LogP contribution in [0.1, 0.15) is 11.5 Å². The van der Waals surface area contributed by atoms with Gasteiger partial charge in [0.15, 0.2) is 0 Å². The van der Waals surface area contributed by atoms with Gasteiger partial charge < -0.3 is 5.73 Å². The van der Waals surface area contributed by atoms with Crippen LogP contribution in [0.15, 0.2) is 18.7 Å². The highest BCUT2D eigenvalue weighted by molar-refractivity contribution is 5.22. The van der Waals surface area contributed by atoms with Gasteiger partial charge in [-0.15, -0.1) is 5.10 Å². The predicted octanol–water partition coefficient (Wildman–Crippen LogP) is -0.430. The Kier molecular flexibility index (Phi) is 2.25. The van der Waals surface area contributed by atoms with Crippen LogP contribution in [0, 0.1) is 11.3 Å². The Morgan fingerprint density at radius 3 is 2.80 bits per heavy atom. The molecule has 7 heteroatoms.